The third kappa shape index (κ3) is 5.05. The maximum Gasteiger partial charge on any atom is 0.119 e. The molecule has 102 valence electrons. The Bertz CT molecular complexity index is 467. The minimum Gasteiger partial charge on any atom is -0.494 e. The first-order valence-corrected chi connectivity index (χ1v) is 7.66. The molecule has 1 heterocycles. The smallest absolute Gasteiger partial charge is 0.119 e. The van der Waals surface area contributed by atoms with Crippen molar-refractivity contribution in [3.8, 4) is 5.75 Å². The number of hydrogen-bond acceptors (Lipinski definition) is 3. The molecule has 19 heavy (non-hydrogen) atoms. The fourth-order valence-corrected chi connectivity index (χ4v) is 2.75. The van der Waals surface area contributed by atoms with E-state index < -0.39 is 0 Å². The van der Waals surface area contributed by atoms with Gasteiger partial charge in [-0.1, -0.05) is 25.1 Å². The first kappa shape index (κ1) is 14.1. The summed E-state index contributed by atoms with van der Waals surface area (Å²) in [4.78, 5) is 2.88. The molecular weight excluding hydrogens is 254 g/mol. The van der Waals surface area contributed by atoms with Gasteiger partial charge in [-0.15, -0.1) is 11.3 Å². The molecule has 0 aliphatic rings. The van der Waals surface area contributed by atoms with Crippen LogP contribution in [0.2, 0.25) is 0 Å². The maximum atomic E-state index is 5.64. The summed E-state index contributed by atoms with van der Waals surface area (Å²) in [6.45, 7) is 4.92. The number of para-hydroxylation sites is 1. The topological polar surface area (TPSA) is 21.3 Å². The predicted molar refractivity (Wildman–Crippen MR) is 82.0 cm³/mol. The van der Waals surface area contributed by atoms with E-state index in [0.29, 0.717) is 0 Å². The molecular formula is C16H21NOS. The molecule has 1 aromatic carbocycles. The van der Waals surface area contributed by atoms with Crippen LogP contribution in [0, 0.1) is 0 Å². The van der Waals surface area contributed by atoms with Crippen molar-refractivity contribution in [3.05, 3.63) is 52.2 Å². The minimum atomic E-state index is 0.766. The van der Waals surface area contributed by atoms with Crippen LogP contribution in [0.5, 0.6) is 5.75 Å². The van der Waals surface area contributed by atoms with Crippen LogP contribution in [-0.4, -0.2) is 13.2 Å². The SMILES string of the molecule is CCc1ccc(CNCCCOc2ccccc2)s1. The highest BCUT2D eigenvalue weighted by atomic mass is 32.1. The number of ether oxygens (including phenoxy) is 1. The quantitative estimate of drug-likeness (QED) is 0.738. The Morgan fingerprint density at radius 2 is 1.84 bits per heavy atom. The summed E-state index contributed by atoms with van der Waals surface area (Å²) in [5, 5.41) is 3.46. The highest BCUT2D eigenvalue weighted by molar-refractivity contribution is 7.11. The number of rotatable bonds is 8. The van der Waals surface area contributed by atoms with Crippen molar-refractivity contribution in [2.45, 2.75) is 26.3 Å². The Kier molecular flexibility index (Phi) is 5.92. The molecule has 0 saturated heterocycles. The van der Waals surface area contributed by atoms with Crippen molar-refractivity contribution in [1.82, 2.24) is 5.32 Å². The van der Waals surface area contributed by atoms with Crippen LogP contribution >= 0.6 is 11.3 Å². The zero-order valence-corrected chi connectivity index (χ0v) is 12.2. The first-order valence-electron chi connectivity index (χ1n) is 6.84. The van der Waals surface area contributed by atoms with E-state index in [-0.39, 0.29) is 0 Å². The van der Waals surface area contributed by atoms with Crippen LogP contribution in [0.3, 0.4) is 0 Å². The standard InChI is InChI=1S/C16H21NOS/c1-2-15-9-10-16(19-15)13-17-11-6-12-18-14-7-4-3-5-8-14/h3-5,7-10,17H,2,6,11-13H2,1H3. The number of nitrogens with one attached hydrogen (secondary N) is 1. The van der Waals surface area contributed by atoms with Crippen LogP contribution in [0.4, 0.5) is 0 Å². The average Bonchev–Trinajstić information content (AvgIpc) is 2.92. The average molecular weight is 275 g/mol. The van der Waals surface area contributed by atoms with E-state index in [1.807, 2.05) is 41.7 Å². The van der Waals surface area contributed by atoms with Crippen molar-refractivity contribution in [2.75, 3.05) is 13.2 Å². The molecule has 0 spiro atoms. The summed E-state index contributed by atoms with van der Waals surface area (Å²) in [7, 11) is 0. The summed E-state index contributed by atoms with van der Waals surface area (Å²) >= 11 is 1.90. The Labute approximate surface area is 119 Å². The summed E-state index contributed by atoms with van der Waals surface area (Å²) in [5.74, 6) is 0.952. The number of benzene rings is 1. The molecule has 3 heteroatoms. The lowest BCUT2D eigenvalue weighted by Crippen LogP contribution is -2.16. The zero-order valence-electron chi connectivity index (χ0n) is 11.4. The second-order valence-electron chi connectivity index (χ2n) is 4.41. The van der Waals surface area contributed by atoms with Gasteiger partial charge in [0, 0.05) is 16.3 Å². The van der Waals surface area contributed by atoms with Crippen LogP contribution in [0.1, 0.15) is 23.1 Å². The molecule has 2 aromatic rings. The third-order valence-electron chi connectivity index (χ3n) is 2.87. The maximum absolute atomic E-state index is 5.64. The van der Waals surface area contributed by atoms with Crippen LogP contribution in [0.15, 0.2) is 42.5 Å². The summed E-state index contributed by atoms with van der Waals surface area (Å²) in [6, 6.07) is 14.4. The molecule has 0 aliphatic heterocycles. The van der Waals surface area contributed by atoms with Crippen LogP contribution in [0.25, 0.3) is 0 Å². The van der Waals surface area contributed by atoms with Gasteiger partial charge in [-0.05, 0) is 43.7 Å². The van der Waals surface area contributed by atoms with Gasteiger partial charge in [-0.3, -0.25) is 0 Å². The lowest BCUT2D eigenvalue weighted by Gasteiger charge is -2.06. The van der Waals surface area contributed by atoms with Crippen molar-refractivity contribution < 1.29 is 4.74 Å². The number of thiophene rings is 1. The van der Waals surface area contributed by atoms with E-state index in [0.717, 1.165) is 38.3 Å². The van der Waals surface area contributed by atoms with Crippen LogP contribution in [-0.2, 0) is 13.0 Å². The van der Waals surface area contributed by atoms with Gasteiger partial charge in [0.1, 0.15) is 5.75 Å². The number of hydrogen-bond donors (Lipinski definition) is 1. The third-order valence-corrected chi connectivity index (χ3v) is 4.10. The van der Waals surface area contributed by atoms with Crippen LogP contribution < -0.4 is 10.1 Å². The molecule has 0 saturated carbocycles. The van der Waals surface area contributed by atoms with Crippen molar-refractivity contribution in [3.63, 3.8) is 0 Å². The van der Waals surface area contributed by atoms with Crippen molar-refractivity contribution in [2.24, 2.45) is 0 Å². The molecule has 0 bridgehead atoms. The van der Waals surface area contributed by atoms with Gasteiger partial charge in [0.25, 0.3) is 0 Å². The van der Waals surface area contributed by atoms with E-state index in [4.69, 9.17) is 4.74 Å². The molecule has 0 amide bonds. The Balaban J connectivity index is 1.55. The van der Waals surface area contributed by atoms with Gasteiger partial charge in [-0.25, -0.2) is 0 Å². The molecule has 0 radical (unpaired) electrons. The fourth-order valence-electron chi connectivity index (χ4n) is 1.82. The molecule has 2 nitrogen and oxygen atoms in total. The summed E-state index contributed by atoms with van der Waals surface area (Å²) < 4.78 is 5.64. The molecule has 1 aromatic heterocycles. The van der Waals surface area contributed by atoms with E-state index >= 15 is 0 Å². The molecule has 0 aliphatic carbocycles. The lowest BCUT2D eigenvalue weighted by atomic mass is 10.3. The summed E-state index contributed by atoms with van der Waals surface area (Å²) in [6.07, 6.45) is 2.16. The Morgan fingerprint density at radius 1 is 1.05 bits per heavy atom. The zero-order chi connectivity index (χ0) is 13.3. The fraction of sp³-hybridized carbons (Fsp3) is 0.375. The van der Waals surface area contributed by atoms with E-state index in [9.17, 15) is 0 Å². The second-order valence-corrected chi connectivity index (χ2v) is 5.67. The highest BCUT2D eigenvalue weighted by Crippen LogP contribution is 2.16. The largest absolute Gasteiger partial charge is 0.494 e. The van der Waals surface area contributed by atoms with E-state index in [2.05, 4.69) is 24.4 Å². The molecule has 2 rings (SSSR count). The van der Waals surface area contributed by atoms with Gasteiger partial charge >= 0.3 is 0 Å². The van der Waals surface area contributed by atoms with Gasteiger partial charge in [-0.2, -0.15) is 0 Å². The second kappa shape index (κ2) is 7.97. The molecule has 0 atom stereocenters. The Morgan fingerprint density at radius 3 is 2.58 bits per heavy atom. The molecule has 0 fully saturated rings. The highest BCUT2D eigenvalue weighted by Gasteiger charge is 1.98. The first-order chi connectivity index (χ1) is 9.38. The Hall–Kier alpha value is -1.32. The van der Waals surface area contributed by atoms with Gasteiger partial charge < -0.3 is 10.1 Å². The van der Waals surface area contributed by atoms with Gasteiger partial charge in [0.15, 0.2) is 0 Å². The molecule has 1 N–H and O–H groups in total. The predicted octanol–water partition coefficient (Wildman–Crippen LogP) is 3.87. The monoisotopic (exact) mass is 275 g/mol. The normalized spacial score (nSPS) is 10.6. The lowest BCUT2D eigenvalue weighted by molar-refractivity contribution is 0.308. The summed E-state index contributed by atoms with van der Waals surface area (Å²) in [5.41, 5.74) is 0. The van der Waals surface area contributed by atoms with Gasteiger partial charge in [0.2, 0.25) is 0 Å². The van der Waals surface area contributed by atoms with E-state index in [1.54, 1.807) is 0 Å². The van der Waals surface area contributed by atoms with Gasteiger partial charge in [0.05, 0.1) is 6.61 Å². The van der Waals surface area contributed by atoms with Crippen molar-refractivity contribution >= 4 is 11.3 Å². The molecule has 0 unspecified atom stereocenters. The van der Waals surface area contributed by atoms with E-state index in [1.165, 1.54) is 9.75 Å². The van der Waals surface area contributed by atoms with Crippen molar-refractivity contribution in [1.29, 1.82) is 0 Å². The number of aryl methyl sites for hydroxylation is 1. The minimum absolute atomic E-state index is 0.766.